The molecule has 1 aromatic carbocycles. The smallest absolute Gasteiger partial charge is 0.213 e. The van der Waals surface area contributed by atoms with Crippen LogP contribution in [0.3, 0.4) is 0 Å². The number of hydrogen-bond donors (Lipinski definition) is 2. The van der Waals surface area contributed by atoms with Gasteiger partial charge in [0.2, 0.25) is 5.16 Å². The van der Waals surface area contributed by atoms with E-state index >= 15 is 0 Å². The fraction of sp³-hybridized carbons (Fsp3) is 0.273. The van der Waals surface area contributed by atoms with E-state index in [2.05, 4.69) is 15.2 Å². The molecule has 0 saturated carbocycles. The van der Waals surface area contributed by atoms with Gasteiger partial charge in [-0.3, -0.25) is 5.10 Å². The highest BCUT2D eigenvalue weighted by atomic mass is 35.5. The molecule has 1 heterocycles. The van der Waals surface area contributed by atoms with Crippen LogP contribution >= 0.6 is 23.4 Å². The zero-order valence-electron chi connectivity index (χ0n) is 9.57. The van der Waals surface area contributed by atoms with Crippen molar-refractivity contribution in [2.45, 2.75) is 29.9 Å². The van der Waals surface area contributed by atoms with Crippen molar-refractivity contribution in [1.29, 1.82) is 0 Å². The summed E-state index contributed by atoms with van der Waals surface area (Å²) < 4.78 is 0. The molecule has 17 heavy (non-hydrogen) atoms. The minimum atomic E-state index is -0.0627. The Bertz CT molecular complexity index is 524. The van der Waals surface area contributed by atoms with E-state index in [4.69, 9.17) is 17.3 Å². The molecule has 0 saturated heterocycles. The van der Waals surface area contributed by atoms with Crippen molar-refractivity contribution in [1.82, 2.24) is 15.2 Å². The van der Waals surface area contributed by atoms with Gasteiger partial charge in [0.1, 0.15) is 5.82 Å². The first kappa shape index (κ1) is 12.4. The van der Waals surface area contributed by atoms with Gasteiger partial charge in [0, 0.05) is 16.0 Å². The van der Waals surface area contributed by atoms with Crippen LogP contribution in [0, 0.1) is 6.92 Å². The van der Waals surface area contributed by atoms with Gasteiger partial charge in [-0.15, -0.1) is 5.10 Å². The molecule has 0 amide bonds. The van der Waals surface area contributed by atoms with Crippen LogP contribution in [0.1, 0.15) is 24.4 Å². The molecule has 2 rings (SSSR count). The highest BCUT2D eigenvalue weighted by molar-refractivity contribution is 7.99. The largest absolute Gasteiger partial charge is 0.324 e. The van der Waals surface area contributed by atoms with Gasteiger partial charge in [0.25, 0.3) is 0 Å². The van der Waals surface area contributed by atoms with Gasteiger partial charge < -0.3 is 5.73 Å². The first-order valence-corrected chi connectivity index (χ1v) is 6.37. The molecule has 1 unspecified atom stereocenters. The number of rotatable bonds is 3. The van der Waals surface area contributed by atoms with Gasteiger partial charge in [-0.25, -0.2) is 4.98 Å². The molecule has 90 valence electrons. The molecule has 2 aromatic rings. The Morgan fingerprint density at radius 1 is 1.47 bits per heavy atom. The number of nitrogens with two attached hydrogens (primary N) is 1. The number of aromatic amines is 1. The summed E-state index contributed by atoms with van der Waals surface area (Å²) in [6.45, 7) is 3.77. The second-order valence-electron chi connectivity index (χ2n) is 3.78. The summed E-state index contributed by atoms with van der Waals surface area (Å²) in [5, 5.41) is 8.22. The van der Waals surface area contributed by atoms with E-state index in [-0.39, 0.29) is 6.04 Å². The van der Waals surface area contributed by atoms with Crippen LogP contribution in [0.25, 0.3) is 0 Å². The normalized spacial score (nSPS) is 12.7. The molecule has 0 aliphatic carbocycles. The molecule has 1 atom stereocenters. The first-order valence-electron chi connectivity index (χ1n) is 5.18. The Hall–Kier alpha value is -1.04. The van der Waals surface area contributed by atoms with E-state index < -0.39 is 0 Å². The number of benzene rings is 1. The summed E-state index contributed by atoms with van der Waals surface area (Å²) in [6, 6.07) is 5.74. The second-order valence-corrected chi connectivity index (χ2v) is 5.23. The number of nitrogens with one attached hydrogen (secondary N) is 1. The third kappa shape index (κ3) is 3.00. The minimum Gasteiger partial charge on any atom is -0.324 e. The highest BCUT2D eigenvalue weighted by Crippen LogP contribution is 2.30. The summed E-state index contributed by atoms with van der Waals surface area (Å²) in [5.74, 6) is 0.797. The van der Waals surface area contributed by atoms with E-state index in [9.17, 15) is 0 Å². The number of halogens is 1. The van der Waals surface area contributed by atoms with Crippen LogP contribution in [-0.4, -0.2) is 15.2 Å². The van der Waals surface area contributed by atoms with E-state index in [0.29, 0.717) is 10.2 Å². The van der Waals surface area contributed by atoms with E-state index in [0.717, 1.165) is 16.3 Å². The van der Waals surface area contributed by atoms with E-state index in [1.165, 1.54) is 11.8 Å². The first-order chi connectivity index (χ1) is 8.06. The van der Waals surface area contributed by atoms with E-state index in [1.54, 1.807) is 0 Å². The maximum Gasteiger partial charge on any atom is 0.213 e. The molecule has 0 bridgehead atoms. The molecule has 3 N–H and O–H groups in total. The predicted molar refractivity (Wildman–Crippen MR) is 69.3 cm³/mol. The molecule has 0 fully saturated rings. The lowest BCUT2D eigenvalue weighted by atomic mass is 10.1. The van der Waals surface area contributed by atoms with E-state index in [1.807, 2.05) is 32.0 Å². The van der Waals surface area contributed by atoms with Gasteiger partial charge in [-0.1, -0.05) is 17.7 Å². The van der Waals surface area contributed by atoms with Crippen molar-refractivity contribution in [3.05, 3.63) is 34.6 Å². The number of aryl methyl sites for hydroxylation is 1. The molecular formula is C11H13ClN4S. The number of H-pyrrole nitrogens is 1. The molecular weight excluding hydrogens is 256 g/mol. The third-order valence-corrected chi connectivity index (χ3v) is 3.43. The predicted octanol–water partition coefficient (Wildman–Crippen LogP) is 2.94. The van der Waals surface area contributed by atoms with Crippen LogP contribution in [0.4, 0.5) is 0 Å². The summed E-state index contributed by atoms with van der Waals surface area (Å²) in [6.07, 6.45) is 0. The third-order valence-electron chi connectivity index (χ3n) is 2.25. The Morgan fingerprint density at radius 3 is 2.76 bits per heavy atom. The second kappa shape index (κ2) is 5.08. The topological polar surface area (TPSA) is 67.6 Å². The standard InChI is InChI=1S/C11H13ClN4S/c1-6(13)9-4-3-8(5-10(9)12)17-11-14-7(2)15-16-11/h3-6H,13H2,1-2H3,(H,14,15,16). The van der Waals surface area contributed by atoms with Gasteiger partial charge in [0.15, 0.2) is 0 Å². The van der Waals surface area contributed by atoms with Crippen LogP contribution in [0.15, 0.2) is 28.3 Å². The van der Waals surface area contributed by atoms with Crippen molar-refractivity contribution in [3.63, 3.8) is 0 Å². The summed E-state index contributed by atoms with van der Waals surface area (Å²) in [5.41, 5.74) is 6.75. The van der Waals surface area contributed by atoms with Crippen molar-refractivity contribution in [2.24, 2.45) is 5.73 Å². The quantitative estimate of drug-likeness (QED) is 0.898. The zero-order valence-corrected chi connectivity index (χ0v) is 11.1. The molecule has 0 aliphatic heterocycles. The highest BCUT2D eigenvalue weighted by Gasteiger charge is 2.08. The Kier molecular flexibility index (Phi) is 3.71. The number of nitrogens with zero attached hydrogens (tertiary/aromatic N) is 2. The lowest BCUT2D eigenvalue weighted by Gasteiger charge is -2.08. The molecule has 1 aromatic heterocycles. The SMILES string of the molecule is Cc1nc(Sc2ccc(C(C)N)c(Cl)c2)n[nH]1. The van der Waals surface area contributed by atoms with Gasteiger partial charge in [0.05, 0.1) is 0 Å². The number of aromatic nitrogens is 3. The molecule has 0 spiro atoms. The Morgan fingerprint density at radius 2 is 2.24 bits per heavy atom. The average Bonchev–Trinajstić information content (AvgIpc) is 2.63. The lowest BCUT2D eigenvalue weighted by molar-refractivity contribution is 0.817. The van der Waals surface area contributed by atoms with Crippen LogP contribution in [-0.2, 0) is 0 Å². The maximum atomic E-state index is 6.15. The van der Waals surface area contributed by atoms with Crippen molar-refractivity contribution < 1.29 is 0 Å². The van der Waals surface area contributed by atoms with Crippen molar-refractivity contribution in [3.8, 4) is 0 Å². The number of hydrogen-bond acceptors (Lipinski definition) is 4. The zero-order chi connectivity index (χ0) is 12.4. The van der Waals surface area contributed by atoms with Crippen molar-refractivity contribution >= 4 is 23.4 Å². The monoisotopic (exact) mass is 268 g/mol. The molecule has 4 nitrogen and oxygen atoms in total. The van der Waals surface area contributed by atoms with Gasteiger partial charge in [-0.2, -0.15) is 0 Å². The fourth-order valence-electron chi connectivity index (χ4n) is 1.41. The molecule has 6 heteroatoms. The minimum absolute atomic E-state index is 0.0627. The van der Waals surface area contributed by atoms with Crippen LogP contribution in [0.2, 0.25) is 5.02 Å². The lowest BCUT2D eigenvalue weighted by Crippen LogP contribution is -2.05. The van der Waals surface area contributed by atoms with Gasteiger partial charge in [-0.05, 0) is 43.3 Å². The molecule has 0 aliphatic rings. The summed E-state index contributed by atoms with van der Waals surface area (Å²) in [4.78, 5) is 5.22. The van der Waals surface area contributed by atoms with Crippen molar-refractivity contribution in [2.75, 3.05) is 0 Å². The van der Waals surface area contributed by atoms with Crippen LogP contribution < -0.4 is 5.73 Å². The maximum absolute atomic E-state index is 6.15. The summed E-state index contributed by atoms with van der Waals surface area (Å²) >= 11 is 7.62. The Balaban J connectivity index is 2.20. The average molecular weight is 269 g/mol. The summed E-state index contributed by atoms with van der Waals surface area (Å²) in [7, 11) is 0. The fourth-order valence-corrected chi connectivity index (χ4v) is 2.63. The van der Waals surface area contributed by atoms with Gasteiger partial charge >= 0.3 is 0 Å². The van der Waals surface area contributed by atoms with Crippen LogP contribution in [0.5, 0.6) is 0 Å². The Labute approximate surface area is 109 Å². The molecule has 0 radical (unpaired) electrons.